The molecule has 21 heavy (non-hydrogen) atoms. The molecule has 6 nitrogen and oxygen atoms in total. The number of ether oxygens (including phenoxy) is 1. The molecule has 2 aromatic rings. The fourth-order valence-electron chi connectivity index (χ4n) is 2.54. The van der Waals surface area contributed by atoms with Crippen LogP contribution in [0.3, 0.4) is 0 Å². The lowest BCUT2D eigenvalue weighted by Gasteiger charge is -2.20. The monoisotopic (exact) mass is 286 g/mol. The van der Waals surface area contributed by atoms with Crippen LogP contribution < -0.4 is 15.4 Å². The van der Waals surface area contributed by atoms with Crippen LogP contribution in [-0.2, 0) is 11.8 Å². The van der Waals surface area contributed by atoms with Crippen LogP contribution in [0.4, 0.5) is 11.4 Å². The molecule has 1 aromatic carbocycles. The Balaban J connectivity index is 1.80. The summed E-state index contributed by atoms with van der Waals surface area (Å²) < 4.78 is 7.16. The van der Waals surface area contributed by atoms with Gasteiger partial charge >= 0.3 is 0 Å². The zero-order valence-corrected chi connectivity index (χ0v) is 12.3. The van der Waals surface area contributed by atoms with E-state index in [-0.39, 0.29) is 18.6 Å². The van der Waals surface area contributed by atoms with E-state index in [0.29, 0.717) is 11.4 Å². The number of hydrogen-bond donors (Lipinski definition) is 2. The van der Waals surface area contributed by atoms with Crippen molar-refractivity contribution in [3.63, 3.8) is 0 Å². The molecule has 2 N–H and O–H groups in total. The number of hydrogen-bond acceptors (Lipinski definition) is 4. The van der Waals surface area contributed by atoms with Gasteiger partial charge in [0.15, 0.2) is 6.61 Å². The number of carbonyl (C=O) groups excluding carboxylic acids is 1. The maximum Gasteiger partial charge on any atom is 0.262 e. The fraction of sp³-hybridized carbons (Fsp3) is 0.333. The van der Waals surface area contributed by atoms with Gasteiger partial charge in [0.1, 0.15) is 5.75 Å². The first-order chi connectivity index (χ1) is 10.0. The Morgan fingerprint density at radius 3 is 3.00 bits per heavy atom. The van der Waals surface area contributed by atoms with Gasteiger partial charge in [0.05, 0.1) is 17.4 Å². The van der Waals surface area contributed by atoms with Gasteiger partial charge in [0.25, 0.3) is 5.91 Å². The predicted molar refractivity (Wildman–Crippen MR) is 80.5 cm³/mol. The number of amides is 1. The number of nitrogens with zero attached hydrogens (tertiary/aromatic N) is 2. The van der Waals surface area contributed by atoms with E-state index in [1.807, 2.05) is 43.0 Å². The molecule has 0 saturated heterocycles. The van der Waals surface area contributed by atoms with Crippen molar-refractivity contribution in [1.29, 1.82) is 0 Å². The van der Waals surface area contributed by atoms with Crippen LogP contribution in [0.1, 0.15) is 24.2 Å². The molecule has 6 heteroatoms. The van der Waals surface area contributed by atoms with E-state index in [0.717, 1.165) is 16.9 Å². The van der Waals surface area contributed by atoms with E-state index in [4.69, 9.17) is 4.74 Å². The zero-order chi connectivity index (χ0) is 15.0. The highest BCUT2D eigenvalue weighted by atomic mass is 16.5. The molecule has 1 aliphatic rings. The molecule has 0 bridgehead atoms. The van der Waals surface area contributed by atoms with Gasteiger partial charge in [-0.15, -0.1) is 0 Å². The van der Waals surface area contributed by atoms with Gasteiger partial charge < -0.3 is 15.4 Å². The summed E-state index contributed by atoms with van der Waals surface area (Å²) in [5.41, 5.74) is 3.78. The van der Waals surface area contributed by atoms with Gasteiger partial charge in [0.2, 0.25) is 0 Å². The molecule has 2 heterocycles. The van der Waals surface area contributed by atoms with Crippen LogP contribution in [0.15, 0.2) is 24.4 Å². The normalized spacial score (nSPS) is 14.9. The minimum Gasteiger partial charge on any atom is -0.482 e. The molecule has 0 fully saturated rings. The Labute approximate surface area is 123 Å². The molecule has 0 radical (unpaired) electrons. The molecule has 1 unspecified atom stereocenters. The quantitative estimate of drug-likeness (QED) is 0.908. The van der Waals surface area contributed by atoms with Crippen molar-refractivity contribution < 1.29 is 9.53 Å². The van der Waals surface area contributed by atoms with E-state index in [1.54, 1.807) is 0 Å². The predicted octanol–water partition coefficient (Wildman–Crippen LogP) is 2.23. The first kappa shape index (κ1) is 13.5. The number of anilines is 2. The summed E-state index contributed by atoms with van der Waals surface area (Å²) in [4.78, 5) is 11.4. The average Bonchev–Trinajstić information content (AvgIpc) is 2.77. The smallest absolute Gasteiger partial charge is 0.262 e. The second-order valence-corrected chi connectivity index (χ2v) is 5.26. The first-order valence-corrected chi connectivity index (χ1v) is 6.86. The Morgan fingerprint density at radius 2 is 2.29 bits per heavy atom. The van der Waals surface area contributed by atoms with Crippen LogP contribution in [0.2, 0.25) is 0 Å². The summed E-state index contributed by atoms with van der Waals surface area (Å²) in [5, 5.41) is 10.6. The lowest BCUT2D eigenvalue weighted by Crippen LogP contribution is -2.25. The molecule has 1 atom stereocenters. The summed E-state index contributed by atoms with van der Waals surface area (Å²) in [6.07, 6.45) is 2.01. The standard InChI is InChI=1S/C15H18N4O2/c1-9(12-7-19(3)18-10(12)2)16-11-4-5-14-13(6-11)17-15(20)8-21-14/h4-7,9,16H,8H2,1-3H3,(H,17,20). The minimum atomic E-state index is -0.129. The topological polar surface area (TPSA) is 68.2 Å². The Morgan fingerprint density at radius 1 is 1.48 bits per heavy atom. The summed E-state index contributed by atoms with van der Waals surface area (Å²) in [6.45, 7) is 4.15. The third-order valence-corrected chi connectivity index (χ3v) is 3.51. The summed E-state index contributed by atoms with van der Waals surface area (Å²) in [6, 6.07) is 5.81. The van der Waals surface area contributed by atoms with E-state index < -0.39 is 0 Å². The summed E-state index contributed by atoms with van der Waals surface area (Å²) in [7, 11) is 1.91. The number of fused-ring (bicyclic) bond motifs is 1. The lowest BCUT2D eigenvalue weighted by molar-refractivity contribution is -0.118. The number of aryl methyl sites for hydroxylation is 2. The molecule has 3 rings (SSSR count). The molecule has 1 aliphatic heterocycles. The third-order valence-electron chi connectivity index (χ3n) is 3.51. The highest BCUT2D eigenvalue weighted by Crippen LogP contribution is 2.32. The SMILES string of the molecule is Cc1nn(C)cc1C(C)Nc1ccc2c(c1)NC(=O)CO2. The molecule has 1 aromatic heterocycles. The van der Waals surface area contributed by atoms with Crippen molar-refractivity contribution in [2.24, 2.45) is 7.05 Å². The van der Waals surface area contributed by atoms with Gasteiger partial charge in [-0.1, -0.05) is 0 Å². The van der Waals surface area contributed by atoms with Crippen molar-refractivity contribution in [3.8, 4) is 5.75 Å². The fourth-order valence-corrected chi connectivity index (χ4v) is 2.54. The number of carbonyl (C=O) groups is 1. The number of nitrogens with one attached hydrogen (secondary N) is 2. The molecule has 0 aliphatic carbocycles. The van der Waals surface area contributed by atoms with E-state index in [9.17, 15) is 4.79 Å². The van der Waals surface area contributed by atoms with Crippen LogP contribution in [-0.4, -0.2) is 22.3 Å². The Bertz CT molecular complexity index is 693. The van der Waals surface area contributed by atoms with Crippen molar-refractivity contribution in [1.82, 2.24) is 9.78 Å². The number of benzene rings is 1. The summed E-state index contributed by atoms with van der Waals surface area (Å²) in [5.74, 6) is 0.571. The largest absolute Gasteiger partial charge is 0.482 e. The molecular formula is C15H18N4O2. The van der Waals surface area contributed by atoms with Crippen molar-refractivity contribution in [2.75, 3.05) is 17.2 Å². The van der Waals surface area contributed by atoms with E-state index >= 15 is 0 Å². The number of aromatic nitrogens is 2. The van der Waals surface area contributed by atoms with Crippen molar-refractivity contribution in [3.05, 3.63) is 35.7 Å². The van der Waals surface area contributed by atoms with Crippen molar-refractivity contribution >= 4 is 17.3 Å². The van der Waals surface area contributed by atoms with Gasteiger partial charge in [-0.25, -0.2) is 0 Å². The lowest BCUT2D eigenvalue weighted by atomic mass is 10.1. The van der Waals surface area contributed by atoms with Crippen LogP contribution in [0.5, 0.6) is 5.75 Å². The van der Waals surface area contributed by atoms with Crippen LogP contribution in [0, 0.1) is 6.92 Å². The molecule has 110 valence electrons. The second-order valence-electron chi connectivity index (χ2n) is 5.26. The first-order valence-electron chi connectivity index (χ1n) is 6.86. The third kappa shape index (κ3) is 2.69. The zero-order valence-electron chi connectivity index (χ0n) is 12.3. The van der Waals surface area contributed by atoms with Crippen LogP contribution in [0.25, 0.3) is 0 Å². The van der Waals surface area contributed by atoms with Gasteiger partial charge in [0, 0.05) is 24.5 Å². The Kier molecular flexibility index (Phi) is 3.29. The summed E-state index contributed by atoms with van der Waals surface area (Å²) >= 11 is 0. The molecule has 1 amide bonds. The van der Waals surface area contributed by atoms with Gasteiger partial charge in [-0.2, -0.15) is 5.10 Å². The second kappa shape index (κ2) is 5.12. The van der Waals surface area contributed by atoms with Gasteiger partial charge in [-0.05, 0) is 32.0 Å². The minimum absolute atomic E-state index is 0.0745. The molecule has 0 saturated carbocycles. The van der Waals surface area contributed by atoms with Gasteiger partial charge in [-0.3, -0.25) is 9.48 Å². The van der Waals surface area contributed by atoms with Crippen molar-refractivity contribution in [2.45, 2.75) is 19.9 Å². The highest BCUT2D eigenvalue weighted by Gasteiger charge is 2.17. The molecular weight excluding hydrogens is 268 g/mol. The molecule has 0 spiro atoms. The van der Waals surface area contributed by atoms with E-state index in [1.165, 1.54) is 0 Å². The Hall–Kier alpha value is -2.50. The number of rotatable bonds is 3. The highest BCUT2D eigenvalue weighted by molar-refractivity contribution is 5.96. The van der Waals surface area contributed by atoms with E-state index in [2.05, 4.69) is 22.7 Å². The average molecular weight is 286 g/mol. The maximum atomic E-state index is 11.4. The van der Waals surface area contributed by atoms with Crippen LogP contribution >= 0.6 is 0 Å². The maximum absolute atomic E-state index is 11.4.